The van der Waals surface area contributed by atoms with E-state index in [0.717, 1.165) is 19.4 Å². The lowest BCUT2D eigenvalue weighted by Crippen LogP contribution is -2.40. The van der Waals surface area contributed by atoms with Crippen LogP contribution in [0.5, 0.6) is 0 Å². The van der Waals surface area contributed by atoms with E-state index in [1.54, 1.807) is 13.8 Å². The summed E-state index contributed by atoms with van der Waals surface area (Å²) in [5.41, 5.74) is 0. The number of halogens is 1. The summed E-state index contributed by atoms with van der Waals surface area (Å²) < 4.78 is 23.6. The van der Waals surface area contributed by atoms with Crippen molar-refractivity contribution >= 4 is 21.4 Å². The topological polar surface area (TPSA) is 37.4 Å². The zero-order valence-corrected chi connectivity index (χ0v) is 13.0. The lowest BCUT2D eigenvalue weighted by atomic mass is 10.1. The third-order valence-corrected chi connectivity index (χ3v) is 5.57. The summed E-state index contributed by atoms with van der Waals surface area (Å²) in [6, 6.07) is 0.441. The first kappa shape index (κ1) is 17.2. The summed E-state index contributed by atoms with van der Waals surface area (Å²) in [6.07, 6.45) is 2.07. The van der Waals surface area contributed by atoms with Gasteiger partial charge < -0.3 is 0 Å². The Morgan fingerprint density at radius 1 is 1.12 bits per heavy atom. The van der Waals surface area contributed by atoms with E-state index >= 15 is 0 Å². The van der Waals surface area contributed by atoms with Crippen LogP contribution in [0.2, 0.25) is 0 Å². The number of hydrogen-bond donors (Lipinski definition) is 0. The zero-order valence-electron chi connectivity index (χ0n) is 11.4. The van der Waals surface area contributed by atoms with Gasteiger partial charge in [-0.2, -0.15) is 0 Å². The summed E-state index contributed by atoms with van der Waals surface area (Å²) >= 11 is 5.78. The van der Waals surface area contributed by atoms with Crippen LogP contribution in [-0.4, -0.2) is 49.3 Å². The maximum absolute atomic E-state index is 11.8. The third-order valence-electron chi connectivity index (χ3n) is 3.21. The summed E-state index contributed by atoms with van der Waals surface area (Å²) in [6.45, 7) is 9.09. The second kappa shape index (κ2) is 8.33. The van der Waals surface area contributed by atoms with Gasteiger partial charge >= 0.3 is 0 Å². The molecular weight excluding hydrogens is 258 g/mol. The summed E-state index contributed by atoms with van der Waals surface area (Å²) in [5, 5.41) is -0.290. The van der Waals surface area contributed by atoms with Crippen molar-refractivity contribution in [3.63, 3.8) is 0 Å². The minimum Gasteiger partial charge on any atom is -0.298 e. The predicted octanol–water partition coefficient (Wildman–Crippen LogP) is 2.54. The number of nitrogens with zero attached hydrogens (tertiary/aromatic N) is 1. The molecular formula is C12H26ClNO2S. The molecule has 5 heteroatoms. The van der Waals surface area contributed by atoms with E-state index in [9.17, 15) is 8.42 Å². The Kier molecular flexibility index (Phi) is 8.43. The fourth-order valence-electron chi connectivity index (χ4n) is 1.87. The highest BCUT2D eigenvalue weighted by atomic mass is 35.5. The fourth-order valence-corrected chi connectivity index (χ4v) is 3.05. The second-order valence-electron chi connectivity index (χ2n) is 4.61. The van der Waals surface area contributed by atoms with Crippen LogP contribution in [0.25, 0.3) is 0 Å². The summed E-state index contributed by atoms with van der Waals surface area (Å²) in [4.78, 5) is 2.20. The maximum Gasteiger partial charge on any atom is 0.153 e. The Morgan fingerprint density at radius 2 is 1.65 bits per heavy atom. The Morgan fingerprint density at radius 3 is 2.00 bits per heavy atom. The van der Waals surface area contributed by atoms with Crippen LogP contribution in [-0.2, 0) is 9.84 Å². The number of sulfone groups is 1. The Hall–Kier alpha value is 0.200. The van der Waals surface area contributed by atoms with Crippen molar-refractivity contribution in [3.05, 3.63) is 0 Å². The standard InChI is InChI=1S/C12H26ClNO2S/c1-5-12(6-2)14(8-7-13)9-10-17(15,16)11(3)4/h11-12H,5-10H2,1-4H3. The van der Waals surface area contributed by atoms with Crippen LogP contribution in [0, 0.1) is 0 Å². The minimum atomic E-state index is -2.95. The molecule has 0 rings (SSSR count). The SMILES string of the molecule is CCC(CC)N(CCCl)CCS(=O)(=O)C(C)C. The quantitative estimate of drug-likeness (QED) is 0.610. The molecule has 0 aliphatic rings. The fraction of sp³-hybridized carbons (Fsp3) is 1.00. The summed E-state index contributed by atoms with van der Waals surface area (Å²) in [7, 11) is -2.95. The van der Waals surface area contributed by atoms with Gasteiger partial charge in [-0.05, 0) is 26.7 Å². The van der Waals surface area contributed by atoms with Crippen molar-refractivity contribution in [2.24, 2.45) is 0 Å². The Bertz CT molecular complexity index is 287. The van der Waals surface area contributed by atoms with Gasteiger partial charge in [0.15, 0.2) is 9.84 Å². The molecule has 0 spiro atoms. The first-order chi connectivity index (χ1) is 7.88. The molecule has 0 atom stereocenters. The van der Waals surface area contributed by atoms with E-state index in [1.807, 2.05) is 0 Å². The lowest BCUT2D eigenvalue weighted by molar-refractivity contribution is 0.208. The normalized spacial score (nSPS) is 12.9. The minimum absolute atomic E-state index is 0.234. The smallest absolute Gasteiger partial charge is 0.153 e. The van der Waals surface area contributed by atoms with E-state index in [2.05, 4.69) is 18.7 Å². The molecule has 0 aromatic carbocycles. The van der Waals surface area contributed by atoms with Crippen LogP contribution in [0.4, 0.5) is 0 Å². The van der Waals surface area contributed by atoms with E-state index in [1.165, 1.54) is 0 Å². The molecule has 0 unspecified atom stereocenters. The van der Waals surface area contributed by atoms with Crippen molar-refractivity contribution in [3.8, 4) is 0 Å². The molecule has 0 aliphatic carbocycles. The summed E-state index contributed by atoms with van der Waals surface area (Å²) in [5.74, 6) is 0.788. The zero-order chi connectivity index (χ0) is 13.5. The van der Waals surface area contributed by atoms with Crippen LogP contribution in [0.15, 0.2) is 0 Å². The van der Waals surface area contributed by atoms with Gasteiger partial charge in [0.1, 0.15) is 0 Å². The molecule has 0 aliphatic heterocycles. The largest absolute Gasteiger partial charge is 0.298 e. The van der Waals surface area contributed by atoms with Crippen molar-refractivity contribution in [1.82, 2.24) is 4.90 Å². The van der Waals surface area contributed by atoms with Crippen molar-refractivity contribution in [2.45, 2.75) is 51.8 Å². The van der Waals surface area contributed by atoms with Crippen molar-refractivity contribution in [2.75, 3.05) is 24.7 Å². The van der Waals surface area contributed by atoms with Gasteiger partial charge in [-0.25, -0.2) is 8.42 Å². The highest BCUT2D eigenvalue weighted by Gasteiger charge is 2.20. The van der Waals surface area contributed by atoms with E-state index in [4.69, 9.17) is 11.6 Å². The van der Waals surface area contributed by atoms with Crippen LogP contribution in [0.3, 0.4) is 0 Å². The average molecular weight is 284 g/mol. The molecule has 104 valence electrons. The molecule has 0 aromatic heterocycles. The van der Waals surface area contributed by atoms with E-state index in [0.29, 0.717) is 18.5 Å². The van der Waals surface area contributed by atoms with Gasteiger partial charge in [0, 0.05) is 25.0 Å². The Labute approximate surface area is 111 Å². The highest BCUT2D eigenvalue weighted by Crippen LogP contribution is 2.10. The van der Waals surface area contributed by atoms with Gasteiger partial charge in [-0.1, -0.05) is 13.8 Å². The molecule has 0 radical (unpaired) electrons. The molecule has 0 aromatic rings. The second-order valence-corrected chi connectivity index (χ2v) is 7.67. The van der Waals surface area contributed by atoms with Gasteiger partial charge in [-0.3, -0.25) is 4.90 Å². The molecule has 0 N–H and O–H groups in total. The van der Waals surface area contributed by atoms with Crippen LogP contribution in [0.1, 0.15) is 40.5 Å². The molecule has 0 saturated heterocycles. The average Bonchev–Trinajstić information content (AvgIpc) is 2.27. The number of rotatable bonds is 9. The maximum atomic E-state index is 11.8. The lowest BCUT2D eigenvalue weighted by Gasteiger charge is -2.29. The van der Waals surface area contributed by atoms with Gasteiger partial charge in [0.2, 0.25) is 0 Å². The Balaban J connectivity index is 4.46. The van der Waals surface area contributed by atoms with Gasteiger partial charge in [-0.15, -0.1) is 11.6 Å². The molecule has 0 amide bonds. The molecule has 3 nitrogen and oxygen atoms in total. The van der Waals surface area contributed by atoms with Crippen molar-refractivity contribution in [1.29, 1.82) is 0 Å². The van der Waals surface area contributed by atoms with Crippen LogP contribution < -0.4 is 0 Å². The van der Waals surface area contributed by atoms with Crippen LogP contribution >= 0.6 is 11.6 Å². The molecule has 0 saturated carbocycles. The molecule has 0 fully saturated rings. The van der Waals surface area contributed by atoms with E-state index in [-0.39, 0.29) is 11.0 Å². The molecule has 0 heterocycles. The molecule has 17 heavy (non-hydrogen) atoms. The number of alkyl halides is 1. The van der Waals surface area contributed by atoms with Gasteiger partial charge in [0.05, 0.1) is 11.0 Å². The number of hydrogen-bond acceptors (Lipinski definition) is 3. The van der Waals surface area contributed by atoms with Crippen molar-refractivity contribution < 1.29 is 8.42 Å². The van der Waals surface area contributed by atoms with Gasteiger partial charge in [0.25, 0.3) is 0 Å². The van der Waals surface area contributed by atoms with E-state index < -0.39 is 9.84 Å². The molecule has 0 bridgehead atoms. The monoisotopic (exact) mass is 283 g/mol. The highest BCUT2D eigenvalue weighted by molar-refractivity contribution is 7.92. The predicted molar refractivity (Wildman–Crippen MR) is 75.6 cm³/mol. The first-order valence-electron chi connectivity index (χ1n) is 6.40. The first-order valence-corrected chi connectivity index (χ1v) is 8.65. The third kappa shape index (κ3) is 6.07.